The van der Waals surface area contributed by atoms with E-state index in [-0.39, 0.29) is 11.9 Å². The highest BCUT2D eigenvalue weighted by molar-refractivity contribution is 5.85. The second kappa shape index (κ2) is 7.68. The van der Waals surface area contributed by atoms with Crippen molar-refractivity contribution in [2.45, 2.75) is 32.1 Å². The number of hydrogen-bond acceptors (Lipinski definition) is 5. The zero-order valence-electron chi connectivity index (χ0n) is 13.0. The van der Waals surface area contributed by atoms with E-state index in [9.17, 15) is 9.59 Å². The van der Waals surface area contributed by atoms with Crippen molar-refractivity contribution in [2.24, 2.45) is 0 Å². The van der Waals surface area contributed by atoms with Gasteiger partial charge in [-0.1, -0.05) is 6.92 Å². The first-order chi connectivity index (χ1) is 10.6. The molecule has 6 nitrogen and oxygen atoms in total. The summed E-state index contributed by atoms with van der Waals surface area (Å²) < 4.78 is 9.69. The number of nitrogens with one attached hydrogen (secondary N) is 2. The fraction of sp³-hybridized carbons (Fsp3) is 0.500. The average Bonchev–Trinajstić information content (AvgIpc) is 2.93. The topological polar surface area (TPSA) is 76.7 Å². The third kappa shape index (κ3) is 4.13. The van der Waals surface area contributed by atoms with Gasteiger partial charge in [0.2, 0.25) is 0 Å². The molecule has 120 valence electrons. The number of anilines is 2. The van der Waals surface area contributed by atoms with E-state index in [2.05, 4.69) is 15.4 Å². The molecular weight excluding hydrogens is 284 g/mol. The standard InChI is InChI=1S/C16H22N2O4/c1-3-8-22-16(20)18-12-5-6-14-13(9-12)11(10-17-14)4-7-15(19)21-2/h5-6,9,11,17H,3-4,7-8,10H2,1-2H3,(H,18,20). The predicted molar refractivity (Wildman–Crippen MR) is 84.2 cm³/mol. The summed E-state index contributed by atoms with van der Waals surface area (Å²) in [6.07, 6.45) is 1.45. The van der Waals surface area contributed by atoms with Gasteiger partial charge in [-0.3, -0.25) is 10.1 Å². The Labute approximate surface area is 130 Å². The zero-order chi connectivity index (χ0) is 15.9. The monoisotopic (exact) mass is 306 g/mol. The van der Waals surface area contributed by atoms with E-state index in [1.54, 1.807) is 0 Å². The maximum Gasteiger partial charge on any atom is 0.411 e. The number of ether oxygens (including phenoxy) is 2. The van der Waals surface area contributed by atoms with Crippen LogP contribution in [-0.4, -0.2) is 32.3 Å². The highest BCUT2D eigenvalue weighted by Crippen LogP contribution is 2.36. The van der Waals surface area contributed by atoms with Gasteiger partial charge in [0.1, 0.15) is 0 Å². The zero-order valence-corrected chi connectivity index (χ0v) is 13.0. The molecule has 22 heavy (non-hydrogen) atoms. The maximum absolute atomic E-state index is 11.6. The highest BCUT2D eigenvalue weighted by Gasteiger charge is 2.23. The van der Waals surface area contributed by atoms with E-state index in [1.807, 2.05) is 25.1 Å². The van der Waals surface area contributed by atoms with Gasteiger partial charge < -0.3 is 14.8 Å². The molecule has 0 spiro atoms. The van der Waals surface area contributed by atoms with Crippen molar-refractivity contribution >= 4 is 23.4 Å². The summed E-state index contributed by atoms with van der Waals surface area (Å²) in [7, 11) is 1.40. The van der Waals surface area contributed by atoms with Crippen LogP contribution in [0.15, 0.2) is 18.2 Å². The second-order valence-corrected chi connectivity index (χ2v) is 5.26. The smallest absolute Gasteiger partial charge is 0.411 e. The van der Waals surface area contributed by atoms with Gasteiger partial charge in [0.05, 0.1) is 13.7 Å². The maximum atomic E-state index is 11.6. The lowest BCUT2D eigenvalue weighted by molar-refractivity contribution is -0.140. The van der Waals surface area contributed by atoms with Crippen LogP contribution in [0.5, 0.6) is 0 Å². The van der Waals surface area contributed by atoms with Crippen LogP contribution in [0.2, 0.25) is 0 Å². The van der Waals surface area contributed by atoms with Crippen LogP contribution >= 0.6 is 0 Å². The molecule has 2 N–H and O–H groups in total. The number of carbonyl (C=O) groups is 2. The van der Waals surface area contributed by atoms with Crippen LogP contribution in [0, 0.1) is 0 Å². The summed E-state index contributed by atoms with van der Waals surface area (Å²) in [4.78, 5) is 22.9. The van der Waals surface area contributed by atoms with Crippen molar-refractivity contribution in [2.75, 3.05) is 30.9 Å². The van der Waals surface area contributed by atoms with Gasteiger partial charge in [-0.2, -0.15) is 0 Å². The van der Waals surface area contributed by atoms with Gasteiger partial charge >= 0.3 is 12.1 Å². The molecule has 1 aromatic carbocycles. The summed E-state index contributed by atoms with van der Waals surface area (Å²) in [5, 5.41) is 6.03. The quantitative estimate of drug-likeness (QED) is 0.790. The Morgan fingerprint density at radius 1 is 1.41 bits per heavy atom. The lowest BCUT2D eigenvalue weighted by atomic mass is 9.96. The molecule has 0 radical (unpaired) electrons. The van der Waals surface area contributed by atoms with Gasteiger partial charge in [-0.25, -0.2) is 4.79 Å². The number of rotatable bonds is 6. The predicted octanol–water partition coefficient (Wildman–Crippen LogP) is 3.11. The van der Waals surface area contributed by atoms with Gasteiger partial charge in [0.15, 0.2) is 0 Å². The molecule has 0 fully saturated rings. The third-order valence-corrected chi connectivity index (χ3v) is 3.64. The molecule has 6 heteroatoms. The summed E-state index contributed by atoms with van der Waals surface area (Å²) in [5.41, 5.74) is 2.85. The molecule has 0 saturated carbocycles. The molecule has 0 bridgehead atoms. The minimum absolute atomic E-state index is 0.203. The van der Waals surface area contributed by atoms with E-state index in [1.165, 1.54) is 7.11 Å². The average molecular weight is 306 g/mol. The molecule has 0 aromatic heterocycles. The first-order valence-corrected chi connectivity index (χ1v) is 7.52. The van der Waals surface area contributed by atoms with Crippen LogP contribution < -0.4 is 10.6 Å². The second-order valence-electron chi connectivity index (χ2n) is 5.26. The molecule has 1 atom stereocenters. The molecule has 1 aliphatic rings. The minimum atomic E-state index is -0.445. The lowest BCUT2D eigenvalue weighted by Gasteiger charge is -2.11. The summed E-state index contributed by atoms with van der Waals surface area (Å²) >= 11 is 0. The Hall–Kier alpha value is -2.24. The number of fused-ring (bicyclic) bond motifs is 1. The van der Waals surface area contributed by atoms with Crippen LogP contribution in [0.25, 0.3) is 0 Å². The van der Waals surface area contributed by atoms with Crippen LogP contribution in [0.1, 0.15) is 37.7 Å². The van der Waals surface area contributed by atoms with E-state index < -0.39 is 6.09 Å². The Morgan fingerprint density at radius 3 is 2.95 bits per heavy atom. The van der Waals surface area contributed by atoms with Gasteiger partial charge in [-0.15, -0.1) is 0 Å². The van der Waals surface area contributed by atoms with Gasteiger partial charge in [-0.05, 0) is 36.6 Å². The molecule has 1 aliphatic heterocycles. The molecule has 1 amide bonds. The van der Waals surface area contributed by atoms with Crippen molar-refractivity contribution in [3.05, 3.63) is 23.8 Å². The first-order valence-electron chi connectivity index (χ1n) is 7.52. The van der Waals surface area contributed by atoms with Crippen molar-refractivity contribution in [1.82, 2.24) is 0 Å². The van der Waals surface area contributed by atoms with E-state index in [0.29, 0.717) is 18.7 Å². The summed E-state index contributed by atoms with van der Waals surface area (Å²) in [6.45, 7) is 3.14. The summed E-state index contributed by atoms with van der Waals surface area (Å²) in [6, 6.07) is 5.70. The fourth-order valence-electron chi connectivity index (χ4n) is 2.48. The van der Waals surface area contributed by atoms with Crippen LogP contribution in [0.4, 0.5) is 16.2 Å². The molecule has 0 saturated heterocycles. The Morgan fingerprint density at radius 2 is 2.23 bits per heavy atom. The summed E-state index contributed by atoms with van der Waals surface area (Å²) in [5.74, 6) is 0.0355. The fourth-order valence-corrected chi connectivity index (χ4v) is 2.48. The Bertz CT molecular complexity index is 545. The SMILES string of the molecule is CCCOC(=O)Nc1ccc2c(c1)C(CCC(=O)OC)CN2. The molecule has 0 aliphatic carbocycles. The van der Waals surface area contributed by atoms with E-state index in [0.717, 1.165) is 30.6 Å². The number of benzene rings is 1. The Kier molecular flexibility index (Phi) is 5.63. The highest BCUT2D eigenvalue weighted by atomic mass is 16.5. The van der Waals surface area contributed by atoms with Crippen LogP contribution in [-0.2, 0) is 14.3 Å². The lowest BCUT2D eigenvalue weighted by Crippen LogP contribution is -2.14. The van der Waals surface area contributed by atoms with Gasteiger partial charge in [0.25, 0.3) is 0 Å². The number of hydrogen-bond donors (Lipinski definition) is 2. The molecule has 1 heterocycles. The first kappa shape index (κ1) is 16.1. The largest absolute Gasteiger partial charge is 0.469 e. The van der Waals surface area contributed by atoms with E-state index in [4.69, 9.17) is 4.74 Å². The van der Waals surface area contributed by atoms with Crippen molar-refractivity contribution in [1.29, 1.82) is 0 Å². The van der Waals surface area contributed by atoms with E-state index >= 15 is 0 Å². The normalized spacial score (nSPS) is 15.6. The molecule has 1 aromatic rings. The molecule has 2 rings (SSSR count). The minimum Gasteiger partial charge on any atom is -0.469 e. The number of esters is 1. The molecular formula is C16H22N2O4. The number of carbonyl (C=O) groups excluding carboxylic acids is 2. The van der Waals surface area contributed by atoms with Crippen molar-refractivity contribution in [3.8, 4) is 0 Å². The van der Waals surface area contributed by atoms with Crippen molar-refractivity contribution in [3.63, 3.8) is 0 Å². The van der Waals surface area contributed by atoms with Crippen LogP contribution in [0.3, 0.4) is 0 Å². The Balaban J connectivity index is 1.99. The third-order valence-electron chi connectivity index (χ3n) is 3.64. The molecule has 1 unspecified atom stereocenters. The van der Waals surface area contributed by atoms with Crippen molar-refractivity contribution < 1.29 is 19.1 Å². The van der Waals surface area contributed by atoms with Gasteiger partial charge in [0, 0.05) is 30.3 Å². The number of methoxy groups -OCH3 is 1. The number of amides is 1.